The van der Waals surface area contributed by atoms with E-state index < -0.39 is 9.76 Å². The molecule has 0 aromatic heterocycles. The summed E-state index contributed by atoms with van der Waals surface area (Å²) >= 11 is 0. The lowest BCUT2D eigenvalue weighted by molar-refractivity contribution is 0.343. The Bertz CT molecular complexity index is 135. The fourth-order valence-electron chi connectivity index (χ4n) is 3.01. The van der Waals surface area contributed by atoms with Gasteiger partial charge in [-0.05, 0) is 36.1 Å². The third kappa shape index (κ3) is 0.784. The second-order valence-electron chi connectivity index (χ2n) is 4.04. The van der Waals surface area contributed by atoms with Gasteiger partial charge < -0.3 is 4.80 Å². The van der Waals surface area contributed by atoms with E-state index in [0.717, 1.165) is 23.3 Å². The van der Waals surface area contributed by atoms with Gasteiger partial charge in [0.25, 0.3) is 0 Å². The molecule has 1 N–H and O–H groups in total. The average molecular weight is 156 g/mol. The van der Waals surface area contributed by atoms with Crippen molar-refractivity contribution in [3.8, 4) is 0 Å². The summed E-state index contributed by atoms with van der Waals surface area (Å²) < 4.78 is 0. The van der Waals surface area contributed by atoms with E-state index in [9.17, 15) is 4.80 Å². The molecule has 0 aromatic carbocycles. The highest BCUT2D eigenvalue weighted by Crippen LogP contribution is 2.54. The summed E-state index contributed by atoms with van der Waals surface area (Å²) in [6, 6.07) is 0. The molecule has 2 saturated carbocycles. The van der Waals surface area contributed by atoms with Crippen LogP contribution in [0.4, 0.5) is 0 Å². The molecule has 0 radical (unpaired) electrons. The highest BCUT2D eigenvalue weighted by molar-refractivity contribution is 6.28. The fraction of sp³-hybridized carbons (Fsp3) is 1.00. The maximum atomic E-state index is 9.20. The van der Waals surface area contributed by atoms with Gasteiger partial charge in [-0.25, -0.2) is 0 Å². The molecule has 4 atom stereocenters. The van der Waals surface area contributed by atoms with Crippen LogP contribution in [0.25, 0.3) is 0 Å². The molecule has 0 aliphatic heterocycles. The Morgan fingerprint density at radius 3 is 2.40 bits per heavy atom. The molecule has 2 bridgehead atoms. The summed E-state index contributed by atoms with van der Waals surface area (Å²) in [6.45, 7) is 2.34. The Hall–Kier alpha value is 0.177. The first kappa shape index (κ1) is 6.86. The van der Waals surface area contributed by atoms with Crippen LogP contribution in [-0.2, 0) is 0 Å². The maximum absolute atomic E-state index is 9.20. The maximum Gasteiger partial charge on any atom is 0.160 e. The van der Waals surface area contributed by atoms with Crippen LogP contribution < -0.4 is 0 Å². The van der Waals surface area contributed by atoms with Gasteiger partial charge in [-0.1, -0.05) is 13.3 Å². The van der Waals surface area contributed by atoms with Crippen LogP contribution >= 0.6 is 0 Å². The SMILES string of the molecule is CC1C2CCC(C2)C1[SiH2]O. The molecule has 10 heavy (non-hydrogen) atoms. The summed E-state index contributed by atoms with van der Waals surface area (Å²) in [6.07, 6.45) is 4.32. The van der Waals surface area contributed by atoms with E-state index in [1.807, 2.05) is 0 Å². The molecule has 4 unspecified atom stereocenters. The van der Waals surface area contributed by atoms with E-state index in [4.69, 9.17) is 0 Å². The largest absolute Gasteiger partial charge is 0.438 e. The summed E-state index contributed by atoms with van der Waals surface area (Å²) in [5.41, 5.74) is 0.791. The van der Waals surface area contributed by atoms with Crippen molar-refractivity contribution in [1.82, 2.24) is 0 Å². The van der Waals surface area contributed by atoms with Gasteiger partial charge >= 0.3 is 0 Å². The van der Waals surface area contributed by atoms with Crippen LogP contribution in [0.2, 0.25) is 5.54 Å². The number of fused-ring (bicyclic) bond motifs is 2. The molecule has 1 nitrogen and oxygen atoms in total. The van der Waals surface area contributed by atoms with Crippen molar-refractivity contribution in [3.05, 3.63) is 0 Å². The monoisotopic (exact) mass is 156 g/mol. The zero-order valence-corrected chi connectivity index (χ0v) is 8.00. The third-order valence-electron chi connectivity index (χ3n) is 3.75. The number of hydrogen-bond donors (Lipinski definition) is 1. The van der Waals surface area contributed by atoms with Gasteiger partial charge in [0.2, 0.25) is 0 Å². The molecule has 2 heteroatoms. The predicted molar refractivity (Wildman–Crippen MR) is 44.5 cm³/mol. The summed E-state index contributed by atoms with van der Waals surface area (Å²) in [5, 5.41) is 0. The van der Waals surface area contributed by atoms with Crippen molar-refractivity contribution in [2.24, 2.45) is 17.8 Å². The average Bonchev–Trinajstić information content (AvgIpc) is 2.46. The minimum absolute atomic E-state index is 0.685. The Balaban J connectivity index is 2.10. The van der Waals surface area contributed by atoms with Crippen LogP contribution in [0.3, 0.4) is 0 Å². The van der Waals surface area contributed by atoms with Crippen LogP contribution in [0, 0.1) is 17.8 Å². The van der Waals surface area contributed by atoms with Gasteiger partial charge in [-0.15, -0.1) is 0 Å². The molecule has 0 aromatic rings. The normalized spacial score (nSPS) is 53.4. The lowest BCUT2D eigenvalue weighted by Crippen LogP contribution is -2.19. The standard InChI is InChI=1S/C8H16OSi/c1-5-6-2-3-7(4-6)8(5)10-9/h5-9H,2-4,10H2,1H3. The van der Waals surface area contributed by atoms with E-state index in [0.29, 0.717) is 0 Å². The Morgan fingerprint density at radius 2 is 2.00 bits per heavy atom. The van der Waals surface area contributed by atoms with Gasteiger partial charge in [0, 0.05) is 0 Å². The van der Waals surface area contributed by atoms with Crippen molar-refractivity contribution >= 4 is 9.76 Å². The topological polar surface area (TPSA) is 20.2 Å². The molecule has 0 saturated heterocycles. The smallest absolute Gasteiger partial charge is 0.160 e. The molecule has 0 heterocycles. The first-order valence-electron chi connectivity index (χ1n) is 4.43. The first-order valence-corrected chi connectivity index (χ1v) is 5.88. The van der Waals surface area contributed by atoms with E-state index in [-0.39, 0.29) is 0 Å². The lowest BCUT2D eigenvalue weighted by atomic mass is 9.90. The molecular weight excluding hydrogens is 140 g/mol. The quantitative estimate of drug-likeness (QED) is 0.560. The van der Waals surface area contributed by atoms with Crippen molar-refractivity contribution in [2.75, 3.05) is 0 Å². The summed E-state index contributed by atoms with van der Waals surface area (Å²) in [5.74, 6) is 2.81. The minimum atomic E-state index is -0.685. The Kier molecular flexibility index (Phi) is 1.61. The summed E-state index contributed by atoms with van der Waals surface area (Å²) in [4.78, 5) is 9.20. The zero-order chi connectivity index (χ0) is 7.14. The second kappa shape index (κ2) is 2.34. The molecule has 2 rings (SSSR count). The highest BCUT2D eigenvalue weighted by Gasteiger charge is 2.44. The molecule has 0 spiro atoms. The Labute approximate surface area is 64.8 Å². The van der Waals surface area contributed by atoms with Gasteiger partial charge in [-0.2, -0.15) is 0 Å². The number of rotatable bonds is 1. The fourth-order valence-corrected chi connectivity index (χ4v) is 4.46. The molecule has 2 aliphatic carbocycles. The minimum Gasteiger partial charge on any atom is -0.438 e. The summed E-state index contributed by atoms with van der Waals surface area (Å²) in [7, 11) is -0.685. The first-order chi connectivity index (χ1) is 4.83. The van der Waals surface area contributed by atoms with Gasteiger partial charge in [0.15, 0.2) is 9.76 Å². The molecule has 58 valence electrons. The zero-order valence-electron chi connectivity index (χ0n) is 6.59. The Morgan fingerprint density at radius 1 is 1.30 bits per heavy atom. The van der Waals surface area contributed by atoms with Crippen molar-refractivity contribution in [3.63, 3.8) is 0 Å². The highest BCUT2D eigenvalue weighted by atomic mass is 28.2. The van der Waals surface area contributed by atoms with Crippen LogP contribution in [-0.4, -0.2) is 14.6 Å². The van der Waals surface area contributed by atoms with Gasteiger partial charge in [-0.3, -0.25) is 0 Å². The van der Waals surface area contributed by atoms with E-state index in [1.165, 1.54) is 19.3 Å². The van der Waals surface area contributed by atoms with E-state index in [2.05, 4.69) is 6.92 Å². The van der Waals surface area contributed by atoms with E-state index >= 15 is 0 Å². The van der Waals surface area contributed by atoms with Crippen molar-refractivity contribution < 1.29 is 4.80 Å². The van der Waals surface area contributed by atoms with Gasteiger partial charge in [0.05, 0.1) is 0 Å². The molecule has 2 aliphatic rings. The van der Waals surface area contributed by atoms with Crippen molar-refractivity contribution in [1.29, 1.82) is 0 Å². The van der Waals surface area contributed by atoms with Crippen LogP contribution in [0.1, 0.15) is 26.2 Å². The molecule has 0 amide bonds. The predicted octanol–water partition coefficient (Wildman–Crippen LogP) is 0.917. The second-order valence-corrected chi connectivity index (χ2v) is 5.35. The molecule has 2 fully saturated rings. The van der Waals surface area contributed by atoms with E-state index in [1.54, 1.807) is 0 Å². The lowest BCUT2D eigenvalue weighted by Gasteiger charge is -2.25. The van der Waals surface area contributed by atoms with Crippen LogP contribution in [0.5, 0.6) is 0 Å². The number of hydrogen-bond acceptors (Lipinski definition) is 1. The molecular formula is C8H16OSi. The van der Waals surface area contributed by atoms with Crippen LogP contribution in [0.15, 0.2) is 0 Å². The van der Waals surface area contributed by atoms with Crippen molar-refractivity contribution in [2.45, 2.75) is 31.7 Å². The van der Waals surface area contributed by atoms with Gasteiger partial charge in [0.1, 0.15) is 0 Å². The third-order valence-corrected chi connectivity index (χ3v) is 5.58.